The van der Waals surface area contributed by atoms with Crippen molar-refractivity contribution in [2.75, 3.05) is 20.6 Å². The molecule has 0 radical (unpaired) electrons. The van der Waals surface area contributed by atoms with E-state index in [1.54, 1.807) is 17.8 Å². The first kappa shape index (κ1) is 18.3. The third-order valence-electron chi connectivity index (χ3n) is 3.61. The first-order valence-electron chi connectivity index (χ1n) is 7.17. The molecule has 0 fully saturated rings. The number of fused-ring (bicyclic) bond motifs is 2. The molecule has 5 heteroatoms. The molecule has 0 saturated heterocycles. The summed E-state index contributed by atoms with van der Waals surface area (Å²) in [6.45, 7) is 0.975. The van der Waals surface area contributed by atoms with E-state index in [9.17, 15) is 4.39 Å². The van der Waals surface area contributed by atoms with Crippen LogP contribution in [0.15, 0.2) is 52.3 Å². The van der Waals surface area contributed by atoms with Crippen LogP contribution < -0.4 is 0 Å². The van der Waals surface area contributed by atoms with Gasteiger partial charge in [0.2, 0.25) is 0 Å². The molecule has 122 valence electrons. The second-order valence-corrected chi connectivity index (χ2v) is 7.11. The molecule has 0 unspecified atom stereocenters. The van der Waals surface area contributed by atoms with Gasteiger partial charge >= 0.3 is 0 Å². The summed E-state index contributed by atoms with van der Waals surface area (Å²) in [5, 5.41) is 0.725. The Hall–Kier alpha value is -1.000. The average Bonchev–Trinajstić information content (AvgIpc) is 2.46. The molecule has 0 spiro atoms. The van der Waals surface area contributed by atoms with Crippen LogP contribution in [0, 0.1) is 5.82 Å². The molecular weight excluding hydrogens is 352 g/mol. The van der Waals surface area contributed by atoms with E-state index < -0.39 is 0 Å². The van der Waals surface area contributed by atoms with Crippen LogP contribution in [-0.4, -0.2) is 25.5 Å². The Morgan fingerprint density at radius 2 is 1.87 bits per heavy atom. The van der Waals surface area contributed by atoms with Crippen LogP contribution in [0.1, 0.15) is 17.5 Å². The van der Waals surface area contributed by atoms with Crippen LogP contribution in [0.2, 0.25) is 5.02 Å². The number of nitrogens with zero attached hydrogens (tertiary/aromatic N) is 1. The van der Waals surface area contributed by atoms with Gasteiger partial charge < -0.3 is 4.90 Å². The molecule has 1 aliphatic rings. The Morgan fingerprint density at radius 1 is 1.09 bits per heavy atom. The van der Waals surface area contributed by atoms with Crippen molar-refractivity contribution in [2.45, 2.75) is 16.2 Å². The summed E-state index contributed by atoms with van der Waals surface area (Å²) in [6.07, 6.45) is 3.17. The van der Waals surface area contributed by atoms with Crippen LogP contribution in [0.25, 0.3) is 5.57 Å². The van der Waals surface area contributed by atoms with Gasteiger partial charge in [-0.1, -0.05) is 35.5 Å². The molecule has 0 bridgehead atoms. The lowest BCUT2D eigenvalue weighted by Gasteiger charge is -2.22. The summed E-state index contributed by atoms with van der Waals surface area (Å²) >= 11 is 7.77. The molecule has 0 aromatic heterocycles. The van der Waals surface area contributed by atoms with Crippen LogP contribution in [0.4, 0.5) is 4.39 Å². The minimum atomic E-state index is -0.198. The number of hydrogen-bond acceptors (Lipinski definition) is 2. The zero-order valence-corrected chi connectivity index (χ0v) is 15.4. The maximum absolute atomic E-state index is 13.6. The van der Waals surface area contributed by atoms with Crippen molar-refractivity contribution in [1.82, 2.24) is 4.90 Å². The zero-order valence-electron chi connectivity index (χ0n) is 13.0. The fourth-order valence-corrected chi connectivity index (χ4v) is 3.84. The van der Waals surface area contributed by atoms with Gasteiger partial charge in [0.25, 0.3) is 0 Å². The minimum Gasteiger partial charge on any atom is -0.309 e. The predicted molar refractivity (Wildman–Crippen MR) is 99.5 cm³/mol. The second-order valence-electron chi connectivity index (χ2n) is 5.59. The monoisotopic (exact) mass is 369 g/mol. The summed E-state index contributed by atoms with van der Waals surface area (Å²) in [5.41, 5.74) is 3.36. The van der Waals surface area contributed by atoms with E-state index in [0.29, 0.717) is 0 Å². The lowest BCUT2D eigenvalue weighted by Crippen LogP contribution is -2.12. The number of benzene rings is 2. The van der Waals surface area contributed by atoms with E-state index in [0.717, 1.165) is 44.5 Å². The molecule has 1 aliphatic heterocycles. The molecule has 0 aliphatic carbocycles. The van der Waals surface area contributed by atoms with Crippen LogP contribution >= 0.6 is 35.8 Å². The van der Waals surface area contributed by atoms with E-state index in [1.165, 1.54) is 6.07 Å². The van der Waals surface area contributed by atoms with E-state index in [-0.39, 0.29) is 18.2 Å². The van der Waals surface area contributed by atoms with Crippen molar-refractivity contribution in [3.63, 3.8) is 0 Å². The van der Waals surface area contributed by atoms with Gasteiger partial charge in [0, 0.05) is 21.4 Å². The summed E-state index contributed by atoms with van der Waals surface area (Å²) < 4.78 is 13.6. The lowest BCUT2D eigenvalue weighted by atomic mass is 9.96. The Kier molecular flexibility index (Phi) is 6.15. The molecule has 0 atom stereocenters. The van der Waals surface area contributed by atoms with Crippen LogP contribution in [0.3, 0.4) is 0 Å². The van der Waals surface area contributed by atoms with Gasteiger partial charge in [0.1, 0.15) is 5.82 Å². The molecule has 23 heavy (non-hydrogen) atoms. The Morgan fingerprint density at radius 3 is 2.61 bits per heavy atom. The predicted octanol–water partition coefficient (Wildman–Crippen LogP) is 5.75. The molecule has 0 saturated carbocycles. The highest BCUT2D eigenvalue weighted by Gasteiger charge is 2.21. The van der Waals surface area contributed by atoms with E-state index >= 15 is 0 Å². The number of halogens is 3. The van der Waals surface area contributed by atoms with Gasteiger partial charge in [-0.3, -0.25) is 0 Å². The van der Waals surface area contributed by atoms with E-state index in [4.69, 9.17) is 11.6 Å². The standard InChI is InChI=1S/C18H17ClFNS.ClH/c1-21(2)9-3-4-14-15-7-6-13(20)11-18(15)22-17-8-5-12(19)10-16(14)17;/h4-8,10-11H,3,9H2,1-2H3;1H/b14-4+;. The van der Waals surface area contributed by atoms with Gasteiger partial charge in [0.15, 0.2) is 0 Å². The zero-order chi connectivity index (χ0) is 15.7. The molecule has 2 aromatic rings. The molecular formula is C18H18Cl2FNS. The van der Waals surface area contributed by atoms with Crippen molar-refractivity contribution in [3.05, 3.63) is 64.4 Å². The third-order valence-corrected chi connectivity index (χ3v) is 4.98. The number of rotatable bonds is 3. The van der Waals surface area contributed by atoms with E-state index in [2.05, 4.69) is 25.1 Å². The summed E-state index contributed by atoms with van der Waals surface area (Å²) in [6, 6.07) is 10.9. The topological polar surface area (TPSA) is 3.24 Å². The van der Waals surface area contributed by atoms with Crippen molar-refractivity contribution in [1.29, 1.82) is 0 Å². The fraction of sp³-hybridized carbons (Fsp3) is 0.222. The Bertz CT molecular complexity index is 744. The van der Waals surface area contributed by atoms with Gasteiger partial charge in [-0.15, -0.1) is 12.4 Å². The van der Waals surface area contributed by atoms with Crippen molar-refractivity contribution >= 4 is 41.3 Å². The van der Waals surface area contributed by atoms with Crippen molar-refractivity contribution < 1.29 is 4.39 Å². The highest BCUT2D eigenvalue weighted by atomic mass is 35.5. The SMILES string of the molecule is CN(C)CC/C=C1\c2ccc(F)cc2Sc2ccc(Cl)cc21.Cl. The highest BCUT2D eigenvalue weighted by Crippen LogP contribution is 2.46. The maximum Gasteiger partial charge on any atom is 0.124 e. The Labute approximate surface area is 151 Å². The van der Waals surface area contributed by atoms with Gasteiger partial charge in [0.05, 0.1) is 0 Å². The normalized spacial score (nSPS) is 14.4. The average molecular weight is 370 g/mol. The Balaban J connectivity index is 0.00000192. The first-order valence-corrected chi connectivity index (χ1v) is 8.36. The molecule has 1 heterocycles. The molecule has 0 N–H and O–H groups in total. The van der Waals surface area contributed by atoms with Crippen LogP contribution in [-0.2, 0) is 0 Å². The van der Waals surface area contributed by atoms with Gasteiger partial charge in [-0.05, 0) is 67.5 Å². The summed E-state index contributed by atoms with van der Waals surface area (Å²) in [7, 11) is 4.12. The van der Waals surface area contributed by atoms with Crippen molar-refractivity contribution in [2.24, 2.45) is 0 Å². The second kappa shape index (κ2) is 7.71. The molecule has 1 nitrogen and oxygen atoms in total. The van der Waals surface area contributed by atoms with Gasteiger partial charge in [-0.2, -0.15) is 0 Å². The highest BCUT2D eigenvalue weighted by molar-refractivity contribution is 7.99. The maximum atomic E-state index is 13.6. The molecule has 3 rings (SSSR count). The van der Waals surface area contributed by atoms with E-state index in [1.807, 2.05) is 24.3 Å². The fourth-order valence-electron chi connectivity index (χ4n) is 2.56. The molecule has 2 aromatic carbocycles. The van der Waals surface area contributed by atoms with Crippen LogP contribution in [0.5, 0.6) is 0 Å². The third kappa shape index (κ3) is 4.10. The van der Waals surface area contributed by atoms with Gasteiger partial charge in [-0.25, -0.2) is 4.39 Å². The molecule has 0 amide bonds. The number of hydrogen-bond donors (Lipinski definition) is 0. The smallest absolute Gasteiger partial charge is 0.124 e. The first-order chi connectivity index (χ1) is 10.5. The minimum absolute atomic E-state index is 0. The van der Waals surface area contributed by atoms with Crippen molar-refractivity contribution in [3.8, 4) is 0 Å². The summed E-state index contributed by atoms with van der Waals surface area (Å²) in [4.78, 5) is 4.24. The summed E-state index contributed by atoms with van der Waals surface area (Å²) in [5.74, 6) is -0.198. The lowest BCUT2D eigenvalue weighted by molar-refractivity contribution is 0.417. The largest absolute Gasteiger partial charge is 0.309 e. The quantitative estimate of drug-likeness (QED) is 0.578.